The molecule has 13 aromatic carbocycles. The molecule has 9 heteroatoms. The van der Waals surface area contributed by atoms with Gasteiger partial charge in [0.05, 0.1) is 66.9 Å². The molecular formula is C79H56Br2N4O3. The van der Waals surface area contributed by atoms with Crippen LogP contribution in [0.4, 0.5) is 0 Å². The summed E-state index contributed by atoms with van der Waals surface area (Å²) in [5.74, 6) is 3.20. The lowest BCUT2D eigenvalue weighted by Gasteiger charge is -2.21. The number of phenols is 1. The summed E-state index contributed by atoms with van der Waals surface area (Å²) in [6.07, 6.45) is 0. The Morgan fingerprint density at radius 1 is 0.239 bits per heavy atom. The fraction of sp³-hybridized carbons (Fsp3) is 0.0127. The van der Waals surface area contributed by atoms with Gasteiger partial charge in [-0.15, -0.1) is 0 Å². The van der Waals surface area contributed by atoms with E-state index < -0.39 is 0 Å². The molecule has 424 valence electrons. The zero-order chi connectivity index (χ0) is 58.4. The second-order valence-corrected chi connectivity index (χ2v) is 22.9. The third kappa shape index (κ3) is 9.90. The van der Waals surface area contributed by atoms with Gasteiger partial charge in [0.1, 0.15) is 17.2 Å². The molecule has 88 heavy (non-hydrogen) atoms. The normalized spacial score (nSPS) is 11.2. The van der Waals surface area contributed by atoms with E-state index in [1.165, 1.54) is 65.2 Å². The van der Waals surface area contributed by atoms with Gasteiger partial charge in [-0.25, -0.2) is 0 Å². The number of fused-ring (bicyclic) bond motifs is 12. The van der Waals surface area contributed by atoms with Crippen LogP contribution in [0.25, 0.3) is 110 Å². The number of aromatic hydroxyl groups is 1. The van der Waals surface area contributed by atoms with Crippen molar-refractivity contribution in [1.82, 2.24) is 18.3 Å². The average molecular weight is 1270 g/mol. The maximum Gasteiger partial charge on any atom is 0.155 e. The molecule has 1 N–H and O–H groups in total. The number of phenolic OH excluding ortho intramolecular Hbond substituents is 1. The average Bonchev–Trinajstić information content (AvgIpc) is 1.66. The smallest absolute Gasteiger partial charge is 0.155 e. The first kappa shape index (κ1) is 55.3. The summed E-state index contributed by atoms with van der Waals surface area (Å²) in [6.45, 7) is 0. The number of rotatable bonds is 8. The summed E-state index contributed by atoms with van der Waals surface area (Å²) in [5.41, 5.74) is 13.2. The monoisotopic (exact) mass is 1270 g/mol. The molecule has 17 aromatic rings. The van der Waals surface area contributed by atoms with E-state index in [0.29, 0.717) is 17.2 Å². The molecule has 0 aliphatic heterocycles. The molecule has 0 radical (unpaired) electrons. The van der Waals surface area contributed by atoms with Crippen LogP contribution in [-0.4, -0.2) is 23.4 Å². The molecule has 0 amide bonds. The number of nitrogens with zero attached hydrogens (tertiary/aromatic N) is 4. The van der Waals surface area contributed by atoms with Gasteiger partial charge >= 0.3 is 0 Å². The fourth-order valence-electron chi connectivity index (χ4n) is 12.3. The predicted octanol–water partition coefficient (Wildman–Crippen LogP) is 22.9. The lowest BCUT2D eigenvalue weighted by atomic mass is 10.2. The number of benzene rings is 13. The molecule has 4 aromatic heterocycles. The molecule has 0 bridgehead atoms. The lowest BCUT2D eigenvalue weighted by Crippen LogP contribution is -2.04. The largest absolute Gasteiger partial charge is 0.508 e. The molecular weight excluding hydrogens is 1210 g/mol. The zero-order valence-corrected chi connectivity index (χ0v) is 49.9. The van der Waals surface area contributed by atoms with Crippen LogP contribution in [0.15, 0.2) is 318 Å². The summed E-state index contributed by atoms with van der Waals surface area (Å²) in [6, 6.07) is 106. The second kappa shape index (κ2) is 23.7. The van der Waals surface area contributed by atoms with Crippen LogP contribution >= 0.6 is 31.9 Å². The minimum absolute atomic E-state index is 0. The predicted molar refractivity (Wildman–Crippen MR) is 374 cm³/mol. The van der Waals surface area contributed by atoms with E-state index in [4.69, 9.17) is 14.6 Å². The minimum atomic E-state index is 0. The Hall–Kier alpha value is -10.6. The molecule has 0 saturated heterocycles. The first-order valence-electron chi connectivity index (χ1n) is 28.8. The van der Waals surface area contributed by atoms with Gasteiger partial charge in [-0.2, -0.15) is 0 Å². The standard InChI is InChI=1S/C42H28N2O2.C30H18Br2N2.C6H6O.CH4/c1-3-15-29(16-4-1)45-41-28-42(46-30-17-5-2-6-18-30)40(44-37-25-13-9-21-33(37)34-22-10-14-26-38(34)44)27-39(41)43-35-23-11-7-19-31(35)32-20-8-12-24-36(32)43;31-23-17-24(32)30(34-27-15-7-3-11-21(27)22-12-4-8-16-28(22)34)18-29(23)33-25-13-5-1-9-19(25)20-10-2-6-14-26(20)33;7-6-4-2-1-3-5-6;/h1-28H;1-18H;1-5,7H;1H4. The van der Waals surface area contributed by atoms with Gasteiger partial charge in [0, 0.05) is 58.1 Å². The molecule has 17 rings (SSSR count). The van der Waals surface area contributed by atoms with Crippen LogP contribution in [0.5, 0.6) is 28.7 Å². The first-order valence-corrected chi connectivity index (χ1v) is 30.3. The van der Waals surface area contributed by atoms with Gasteiger partial charge in [0.15, 0.2) is 11.5 Å². The summed E-state index contributed by atoms with van der Waals surface area (Å²) < 4.78 is 24.9. The van der Waals surface area contributed by atoms with Crippen molar-refractivity contribution in [2.75, 3.05) is 0 Å². The molecule has 0 saturated carbocycles. The zero-order valence-electron chi connectivity index (χ0n) is 46.8. The van der Waals surface area contributed by atoms with Crippen molar-refractivity contribution in [2.45, 2.75) is 7.43 Å². The van der Waals surface area contributed by atoms with E-state index >= 15 is 0 Å². The molecule has 0 spiro atoms. The molecule has 0 aliphatic rings. The van der Waals surface area contributed by atoms with E-state index in [0.717, 1.165) is 65.3 Å². The highest BCUT2D eigenvalue weighted by molar-refractivity contribution is 9.11. The van der Waals surface area contributed by atoms with Crippen LogP contribution in [0.2, 0.25) is 0 Å². The van der Waals surface area contributed by atoms with E-state index in [1.807, 2.05) is 72.8 Å². The van der Waals surface area contributed by atoms with Gasteiger partial charge in [-0.05, 0) is 135 Å². The highest BCUT2D eigenvalue weighted by Gasteiger charge is 2.24. The van der Waals surface area contributed by atoms with Crippen molar-refractivity contribution in [3.63, 3.8) is 0 Å². The van der Waals surface area contributed by atoms with E-state index in [1.54, 1.807) is 24.3 Å². The first-order chi connectivity index (χ1) is 42.9. The van der Waals surface area contributed by atoms with Crippen molar-refractivity contribution < 1.29 is 14.6 Å². The summed E-state index contributed by atoms with van der Waals surface area (Å²) >= 11 is 7.75. The molecule has 0 fully saturated rings. The molecule has 7 nitrogen and oxygen atoms in total. The van der Waals surface area contributed by atoms with Crippen LogP contribution in [0.1, 0.15) is 7.43 Å². The van der Waals surface area contributed by atoms with Crippen molar-refractivity contribution in [3.8, 4) is 51.5 Å². The van der Waals surface area contributed by atoms with E-state index in [2.05, 4.69) is 262 Å². The molecule has 0 atom stereocenters. The van der Waals surface area contributed by atoms with Crippen LogP contribution in [-0.2, 0) is 0 Å². The Bertz CT molecular complexity index is 4880. The third-order valence-electron chi connectivity index (χ3n) is 16.0. The van der Waals surface area contributed by atoms with Gasteiger partial charge in [-0.3, -0.25) is 0 Å². The Labute approximate surface area is 525 Å². The van der Waals surface area contributed by atoms with Gasteiger partial charge in [0.25, 0.3) is 0 Å². The Kier molecular flexibility index (Phi) is 14.9. The quantitative estimate of drug-likeness (QED) is 0.165. The molecule has 0 aliphatic carbocycles. The Balaban J connectivity index is 0.000000142. The fourth-order valence-corrected chi connectivity index (χ4v) is 13.7. The number of hydrogen-bond acceptors (Lipinski definition) is 3. The summed E-state index contributed by atoms with van der Waals surface area (Å²) in [7, 11) is 0. The van der Waals surface area contributed by atoms with Gasteiger partial charge < -0.3 is 32.8 Å². The van der Waals surface area contributed by atoms with Crippen LogP contribution in [0.3, 0.4) is 0 Å². The van der Waals surface area contributed by atoms with E-state index in [9.17, 15) is 0 Å². The molecule has 0 unspecified atom stereocenters. The van der Waals surface area contributed by atoms with Crippen molar-refractivity contribution in [1.29, 1.82) is 0 Å². The summed E-state index contributed by atoms with van der Waals surface area (Å²) in [4.78, 5) is 0. The highest BCUT2D eigenvalue weighted by atomic mass is 79.9. The SMILES string of the molecule is Brc1cc(Br)c(-n2c3ccccc3c3ccccc32)cc1-n1c2ccccc2c2ccccc21.C.Oc1ccccc1.c1ccc(Oc2cc(Oc3ccccc3)c(-n3c4ccccc4c4ccccc43)cc2-n2c3ccccc3c3ccccc32)cc1. The lowest BCUT2D eigenvalue weighted by molar-refractivity contribution is 0.458. The molecule has 4 heterocycles. The highest BCUT2D eigenvalue weighted by Crippen LogP contribution is 2.46. The van der Waals surface area contributed by atoms with E-state index in [-0.39, 0.29) is 7.43 Å². The van der Waals surface area contributed by atoms with Crippen LogP contribution in [0, 0.1) is 0 Å². The Morgan fingerprint density at radius 3 is 0.705 bits per heavy atom. The number of halogens is 2. The van der Waals surface area contributed by atoms with Gasteiger partial charge in [0.2, 0.25) is 0 Å². The third-order valence-corrected chi connectivity index (χ3v) is 17.3. The van der Waals surface area contributed by atoms with Crippen molar-refractivity contribution >= 4 is 119 Å². The maximum atomic E-state index is 8.63. The number of ether oxygens (including phenoxy) is 2. The van der Waals surface area contributed by atoms with Gasteiger partial charge in [-0.1, -0.05) is 208 Å². The number of aromatic nitrogens is 4. The maximum absolute atomic E-state index is 8.63. The van der Waals surface area contributed by atoms with Crippen molar-refractivity contribution in [3.05, 3.63) is 318 Å². The minimum Gasteiger partial charge on any atom is -0.508 e. The topological polar surface area (TPSA) is 58.4 Å². The summed E-state index contributed by atoms with van der Waals surface area (Å²) in [5, 5.41) is 18.4. The second-order valence-electron chi connectivity index (χ2n) is 21.2. The Morgan fingerprint density at radius 2 is 0.455 bits per heavy atom. The number of para-hydroxylation sites is 11. The number of hydrogen-bond donors (Lipinski definition) is 1. The van der Waals surface area contributed by atoms with Crippen molar-refractivity contribution in [2.24, 2.45) is 0 Å². The van der Waals surface area contributed by atoms with Crippen LogP contribution < -0.4 is 9.47 Å².